The number of rotatable bonds is 3. The third kappa shape index (κ3) is 2.18. The van der Waals surface area contributed by atoms with E-state index in [9.17, 15) is 5.11 Å². The van der Waals surface area contributed by atoms with Crippen molar-refractivity contribution in [1.82, 2.24) is 19.9 Å². The fourth-order valence-corrected chi connectivity index (χ4v) is 1.93. The Bertz CT molecular complexity index is 588. The van der Waals surface area contributed by atoms with Crippen LogP contribution in [0.25, 0.3) is 11.0 Å². The van der Waals surface area contributed by atoms with Gasteiger partial charge in [-0.25, -0.2) is 9.97 Å². The number of aliphatic hydroxyl groups is 2. The second-order valence-corrected chi connectivity index (χ2v) is 4.22. The summed E-state index contributed by atoms with van der Waals surface area (Å²) in [6.07, 6.45) is 1.02. The van der Waals surface area contributed by atoms with Crippen LogP contribution in [0, 0.1) is 0 Å². The average Bonchev–Trinajstić information content (AvgIpc) is 2.94. The largest absolute Gasteiger partial charge is 0.394 e. The van der Waals surface area contributed by atoms with E-state index in [1.807, 2.05) is 0 Å². The fourth-order valence-electron chi connectivity index (χ4n) is 1.93. The topological polar surface area (TPSA) is 129 Å². The Balaban J connectivity index is 1.77. The maximum absolute atomic E-state index is 9.58. The van der Waals surface area contributed by atoms with E-state index in [1.165, 1.54) is 17.4 Å². The van der Waals surface area contributed by atoms with Gasteiger partial charge in [0.05, 0.1) is 24.3 Å². The summed E-state index contributed by atoms with van der Waals surface area (Å²) in [4.78, 5) is 14.4. The summed E-state index contributed by atoms with van der Waals surface area (Å²) in [5.41, 5.74) is 6.09. The van der Waals surface area contributed by atoms with Crippen LogP contribution in [-0.4, -0.2) is 55.2 Å². The molecule has 0 spiro atoms. The zero-order chi connectivity index (χ0) is 13.4. The summed E-state index contributed by atoms with van der Waals surface area (Å²) in [7, 11) is 0. The zero-order valence-electron chi connectivity index (χ0n) is 9.88. The molecule has 0 aliphatic carbocycles. The van der Waals surface area contributed by atoms with E-state index in [0.717, 1.165) is 0 Å². The van der Waals surface area contributed by atoms with Crippen molar-refractivity contribution in [1.29, 1.82) is 0 Å². The van der Waals surface area contributed by atoms with Crippen LogP contribution >= 0.6 is 0 Å². The third-order valence-corrected chi connectivity index (χ3v) is 2.92. The maximum atomic E-state index is 9.58. The molecule has 2 aromatic rings. The number of aliphatic hydroxyl groups excluding tert-OH is 2. The second kappa shape index (κ2) is 4.61. The standard InChI is InChI=1S/C10H13N5O4/c11-9-5-2-15(14-10(5)13-4-12-9)19-8-1-6(17)7(3-16)18-8/h2,4,6-8,16-17H,1,3H2,(H2,11,12,13,14)/t6-,7+,8-/m0/s1. The highest BCUT2D eigenvalue weighted by Gasteiger charge is 2.35. The number of anilines is 1. The van der Waals surface area contributed by atoms with E-state index >= 15 is 0 Å². The van der Waals surface area contributed by atoms with Crippen molar-refractivity contribution in [2.45, 2.75) is 24.9 Å². The normalized spacial score (nSPS) is 26.9. The molecule has 1 fully saturated rings. The molecule has 0 unspecified atom stereocenters. The van der Waals surface area contributed by atoms with E-state index in [0.29, 0.717) is 16.9 Å². The molecule has 1 aliphatic rings. The van der Waals surface area contributed by atoms with Crippen molar-refractivity contribution in [2.24, 2.45) is 0 Å². The highest BCUT2D eigenvalue weighted by atomic mass is 16.8. The average molecular weight is 267 g/mol. The summed E-state index contributed by atoms with van der Waals surface area (Å²) < 4.78 is 5.30. The summed E-state index contributed by atoms with van der Waals surface area (Å²) in [6, 6.07) is 0. The molecule has 3 heterocycles. The van der Waals surface area contributed by atoms with Gasteiger partial charge in [-0.05, 0) is 0 Å². The smallest absolute Gasteiger partial charge is 0.229 e. The van der Waals surface area contributed by atoms with Crippen LogP contribution in [-0.2, 0) is 4.74 Å². The highest BCUT2D eigenvalue weighted by molar-refractivity contribution is 5.84. The molecule has 3 atom stereocenters. The van der Waals surface area contributed by atoms with Gasteiger partial charge in [0.25, 0.3) is 0 Å². The van der Waals surface area contributed by atoms with Crippen molar-refractivity contribution in [2.75, 3.05) is 12.3 Å². The Morgan fingerprint density at radius 3 is 3.05 bits per heavy atom. The van der Waals surface area contributed by atoms with Gasteiger partial charge in [-0.1, -0.05) is 0 Å². The number of nitrogens with two attached hydrogens (primary N) is 1. The minimum absolute atomic E-state index is 0.253. The van der Waals surface area contributed by atoms with E-state index in [2.05, 4.69) is 15.1 Å². The molecule has 1 saturated heterocycles. The molecule has 0 bridgehead atoms. The van der Waals surface area contributed by atoms with E-state index < -0.39 is 18.5 Å². The lowest BCUT2D eigenvalue weighted by Crippen LogP contribution is -2.27. The molecule has 19 heavy (non-hydrogen) atoms. The Hall–Kier alpha value is -1.97. The molecule has 9 nitrogen and oxygen atoms in total. The molecule has 1 aliphatic heterocycles. The summed E-state index contributed by atoms with van der Waals surface area (Å²) in [5.74, 6) is 0.306. The molecule has 3 rings (SSSR count). The van der Waals surface area contributed by atoms with Crippen LogP contribution in [0.2, 0.25) is 0 Å². The Morgan fingerprint density at radius 2 is 2.37 bits per heavy atom. The van der Waals surface area contributed by atoms with Gasteiger partial charge >= 0.3 is 0 Å². The Kier molecular flexibility index (Phi) is 2.93. The first-order valence-corrected chi connectivity index (χ1v) is 5.74. The van der Waals surface area contributed by atoms with Crippen molar-refractivity contribution in [3.63, 3.8) is 0 Å². The van der Waals surface area contributed by atoms with Crippen LogP contribution in [0.1, 0.15) is 6.42 Å². The van der Waals surface area contributed by atoms with Crippen LogP contribution in [0.5, 0.6) is 0 Å². The lowest BCUT2D eigenvalue weighted by Gasteiger charge is -2.12. The summed E-state index contributed by atoms with van der Waals surface area (Å²) in [6.45, 7) is -0.263. The van der Waals surface area contributed by atoms with Gasteiger partial charge in [-0.3, -0.25) is 0 Å². The number of nitrogens with zero attached hydrogens (tertiary/aromatic N) is 4. The number of fused-ring (bicyclic) bond motifs is 1. The molecule has 102 valence electrons. The van der Waals surface area contributed by atoms with Crippen molar-refractivity contribution in [3.8, 4) is 0 Å². The molecular formula is C10H13N5O4. The fraction of sp³-hybridized carbons (Fsp3) is 0.500. The lowest BCUT2D eigenvalue weighted by molar-refractivity contribution is -0.153. The van der Waals surface area contributed by atoms with E-state index in [-0.39, 0.29) is 13.0 Å². The molecule has 2 aromatic heterocycles. The van der Waals surface area contributed by atoms with Crippen LogP contribution in [0.3, 0.4) is 0 Å². The Morgan fingerprint density at radius 1 is 1.53 bits per heavy atom. The van der Waals surface area contributed by atoms with Crippen molar-refractivity contribution in [3.05, 3.63) is 12.5 Å². The first-order valence-electron chi connectivity index (χ1n) is 5.74. The van der Waals surface area contributed by atoms with E-state index in [4.69, 9.17) is 20.4 Å². The van der Waals surface area contributed by atoms with Gasteiger partial charge in [-0.2, -0.15) is 0 Å². The second-order valence-electron chi connectivity index (χ2n) is 4.22. The Labute approximate surface area is 107 Å². The molecule has 0 amide bonds. The van der Waals surface area contributed by atoms with Gasteiger partial charge in [0, 0.05) is 6.42 Å². The first kappa shape index (κ1) is 12.1. The van der Waals surface area contributed by atoms with Gasteiger partial charge in [0.1, 0.15) is 18.2 Å². The first-order chi connectivity index (χ1) is 9.17. The maximum Gasteiger partial charge on any atom is 0.229 e. The minimum Gasteiger partial charge on any atom is -0.394 e. The lowest BCUT2D eigenvalue weighted by atomic mass is 10.2. The molecule has 9 heteroatoms. The van der Waals surface area contributed by atoms with Gasteiger partial charge < -0.3 is 25.5 Å². The number of ether oxygens (including phenoxy) is 1. The SMILES string of the molecule is Nc1ncnc2nn(O[C@H]3C[C@H](O)[C@@H](CO)O3)cc12. The number of aromatic nitrogens is 4. The van der Waals surface area contributed by atoms with Gasteiger partial charge in [0.2, 0.25) is 6.29 Å². The van der Waals surface area contributed by atoms with Crippen LogP contribution in [0.4, 0.5) is 5.82 Å². The van der Waals surface area contributed by atoms with Crippen LogP contribution < -0.4 is 10.6 Å². The molecule has 0 radical (unpaired) electrons. The quantitative estimate of drug-likeness (QED) is 0.600. The van der Waals surface area contributed by atoms with E-state index in [1.54, 1.807) is 0 Å². The predicted octanol–water partition coefficient (Wildman–Crippen LogP) is -1.69. The molecular weight excluding hydrogens is 254 g/mol. The van der Waals surface area contributed by atoms with Gasteiger partial charge in [0.15, 0.2) is 5.65 Å². The molecule has 0 saturated carbocycles. The number of nitrogen functional groups attached to an aromatic ring is 1. The van der Waals surface area contributed by atoms with Crippen molar-refractivity contribution >= 4 is 16.9 Å². The number of hydrogen-bond donors (Lipinski definition) is 3. The summed E-state index contributed by atoms with van der Waals surface area (Å²) in [5, 5.41) is 23.2. The summed E-state index contributed by atoms with van der Waals surface area (Å²) >= 11 is 0. The molecule has 0 aromatic carbocycles. The monoisotopic (exact) mass is 267 g/mol. The highest BCUT2D eigenvalue weighted by Crippen LogP contribution is 2.20. The number of hydrogen-bond acceptors (Lipinski definition) is 8. The van der Waals surface area contributed by atoms with Gasteiger partial charge in [-0.15, -0.1) is 9.94 Å². The zero-order valence-corrected chi connectivity index (χ0v) is 9.88. The van der Waals surface area contributed by atoms with Crippen LogP contribution in [0.15, 0.2) is 12.5 Å². The van der Waals surface area contributed by atoms with Crippen molar-refractivity contribution < 1.29 is 19.8 Å². The molecule has 4 N–H and O–H groups in total. The minimum atomic E-state index is -0.759. The predicted molar refractivity (Wildman–Crippen MR) is 62.7 cm³/mol. The third-order valence-electron chi connectivity index (χ3n) is 2.92.